The normalized spacial score (nSPS) is 17.7. The van der Waals surface area contributed by atoms with Crippen LogP contribution in [0.2, 0.25) is 0 Å². The van der Waals surface area contributed by atoms with E-state index >= 15 is 0 Å². The van der Waals surface area contributed by atoms with Gasteiger partial charge in [0.2, 0.25) is 0 Å². The monoisotopic (exact) mass is 504 g/mol. The number of carbonyl (C=O) groups is 1. The maximum atomic E-state index is 13.6. The van der Waals surface area contributed by atoms with Crippen LogP contribution < -0.4 is 10.5 Å². The molecule has 2 saturated heterocycles. The predicted molar refractivity (Wildman–Crippen MR) is 147 cm³/mol. The molecule has 180 valence electrons. The lowest BCUT2D eigenvalue weighted by Crippen LogP contribution is -2.33. The number of fused-ring (bicyclic) bond motifs is 1. The minimum absolute atomic E-state index is 0.133. The van der Waals surface area contributed by atoms with Crippen LogP contribution in [0.1, 0.15) is 42.4 Å². The highest BCUT2D eigenvalue weighted by Crippen LogP contribution is 2.34. The van der Waals surface area contributed by atoms with Crippen molar-refractivity contribution >= 4 is 51.7 Å². The zero-order valence-electron chi connectivity index (χ0n) is 19.8. The molecule has 0 spiro atoms. The van der Waals surface area contributed by atoms with E-state index in [4.69, 9.17) is 17.2 Å². The molecule has 1 aromatic carbocycles. The Hall–Kier alpha value is -2.97. The van der Waals surface area contributed by atoms with Crippen LogP contribution in [0, 0.1) is 6.92 Å². The summed E-state index contributed by atoms with van der Waals surface area (Å²) in [6, 6.07) is 14.1. The van der Waals surface area contributed by atoms with Crippen molar-refractivity contribution in [3.63, 3.8) is 0 Å². The molecule has 5 rings (SSSR count). The first-order chi connectivity index (χ1) is 17.0. The van der Waals surface area contributed by atoms with E-state index in [1.54, 1.807) is 21.6 Å². The lowest BCUT2D eigenvalue weighted by molar-refractivity contribution is -0.122. The molecule has 6 nitrogen and oxygen atoms in total. The van der Waals surface area contributed by atoms with Crippen molar-refractivity contribution in [2.45, 2.75) is 39.0 Å². The maximum Gasteiger partial charge on any atom is 0.267 e. The third-order valence-corrected chi connectivity index (χ3v) is 7.86. The van der Waals surface area contributed by atoms with Gasteiger partial charge in [-0.2, -0.15) is 0 Å². The highest BCUT2D eigenvalue weighted by Gasteiger charge is 2.32. The van der Waals surface area contributed by atoms with Gasteiger partial charge >= 0.3 is 0 Å². The van der Waals surface area contributed by atoms with Crippen molar-refractivity contribution in [1.82, 2.24) is 14.3 Å². The van der Waals surface area contributed by atoms with E-state index in [1.165, 1.54) is 23.7 Å². The molecule has 8 heteroatoms. The highest BCUT2D eigenvalue weighted by molar-refractivity contribution is 8.26. The third kappa shape index (κ3) is 5.04. The number of benzene rings is 1. The van der Waals surface area contributed by atoms with Crippen molar-refractivity contribution in [3.05, 3.63) is 80.6 Å². The average Bonchev–Trinajstić information content (AvgIpc) is 3.14. The van der Waals surface area contributed by atoms with E-state index in [-0.39, 0.29) is 11.5 Å². The summed E-state index contributed by atoms with van der Waals surface area (Å²) in [6.07, 6.45) is 8.53. The molecule has 0 unspecified atom stereocenters. The Balaban J connectivity index is 1.46. The number of aromatic nitrogens is 2. The highest BCUT2D eigenvalue weighted by atomic mass is 32.2. The Morgan fingerprint density at radius 2 is 1.83 bits per heavy atom. The number of amides is 1. The molecule has 4 heterocycles. The summed E-state index contributed by atoms with van der Waals surface area (Å²) in [5.41, 5.74) is 3.13. The second kappa shape index (κ2) is 10.3. The van der Waals surface area contributed by atoms with E-state index in [0.717, 1.165) is 44.3 Å². The van der Waals surface area contributed by atoms with Gasteiger partial charge in [-0.05, 0) is 62.3 Å². The third-order valence-electron chi connectivity index (χ3n) is 6.48. The number of nitrogens with zero attached hydrogens (tertiary/aromatic N) is 4. The standard InChI is InChI=1S/C27H28N4O2S2/c1-19-12-13-23-28-24(29-14-6-3-7-15-29)21(25(32)31(23)18-19)17-22-26(33)30(27(34)35-22)16-8-11-20-9-4-2-5-10-20/h2,4-5,9-10,12-13,17-18H,3,6-8,11,14-16H2,1H3. The van der Waals surface area contributed by atoms with Crippen molar-refractivity contribution < 1.29 is 4.79 Å². The smallest absolute Gasteiger partial charge is 0.267 e. The van der Waals surface area contributed by atoms with Crippen molar-refractivity contribution in [2.75, 3.05) is 24.5 Å². The summed E-state index contributed by atoms with van der Waals surface area (Å²) in [6.45, 7) is 4.22. The van der Waals surface area contributed by atoms with Crippen LogP contribution in [0.4, 0.5) is 5.82 Å². The van der Waals surface area contributed by atoms with Crippen LogP contribution in [-0.2, 0) is 11.2 Å². The maximum absolute atomic E-state index is 13.6. The molecule has 1 amide bonds. The quantitative estimate of drug-likeness (QED) is 0.354. The Bertz CT molecular complexity index is 1360. The van der Waals surface area contributed by atoms with Crippen LogP contribution >= 0.6 is 24.0 Å². The molecule has 2 aliphatic heterocycles. The fraction of sp³-hybridized carbons (Fsp3) is 0.333. The van der Waals surface area contributed by atoms with Gasteiger partial charge in [-0.15, -0.1) is 0 Å². The van der Waals surface area contributed by atoms with Crippen molar-refractivity contribution in [1.29, 1.82) is 0 Å². The SMILES string of the molecule is Cc1ccc2nc(N3CCCCC3)c(C=C3SC(=S)N(CCCc4ccccc4)C3=O)c(=O)n2c1. The molecule has 2 aromatic heterocycles. The number of piperidine rings is 1. The molecular formula is C27H28N4O2S2. The first-order valence-corrected chi connectivity index (χ1v) is 13.3. The molecular weight excluding hydrogens is 476 g/mol. The molecule has 0 saturated carbocycles. The Morgan fingerprint density at radius 1 is 1.06 bits per heavy atom. The summed E-state index contributed by atoms with van der Waals surface area (Å²) >= 11 is 6.81. The lowest BCUT2D eigenvalue weighted by Gasteiger charge is -2.29. The molecule has 0 aliphatic carbocycles. The van der Waals surface area contributed by atoms with Gasteiger partial charge in [-0.3, -0.25) is 18.9 Å². The second-order valence-corrected chi connectivity index (χ2v) is 10.7. The molecule has 2 aliphatic rings. The van der Waals surface area contributed by atoms with Gasteiger partial charge in [-0.25, -0.2) is 4.98 Å². The van der Waals surface area contributed by atoms with Gasteiger partial charge in [0.15, 0.2) is 0 Å². The Labute approximate surface area is 214 Å². The van der Waals surface area contributed by atoms with Crippen LogP contribution in [0.25, 0.3) is 11.7 Å². The summed E-state index contributed by atoms with van der Waals surface area (Å²) in [7, 11) is 0. The Morgan fingerprint density at radius 3 is 2.60 bits per heavy atom. The van der Waals surface area contributed by atoms with E-state index in [9.17, 15) is 9.59 Å². The Kier molecular flexibility index (Phi) is 7.02. The number of rotatable bonds is 6. The van der Waals surface area contributed by atoms with Crippen LogP contribution in [-0.4, -0.2) is 44.1 Å². The number of aryl methyl sites for hydroxylation is 2. The molecule has 3 aromatic rings. The molecule has 2 fully saturated rings. The van der Waals surface area contributed by atoms with Gasteiger partial charge in [-0.1, -0.05) is 60.4 Å². The first-order valence-electron chi connectivity index (χ1n) is 12.1. The summed E-state index contributed by atoms with van der Waals surface area (Å²) in [4.78, 5) is 36.1. The number of carbonyl (C=O) groups excluding carboxylic acids is 1. The lowest BCUT2D eigenvalue weighted by atomic mass is 10.1. The van der Waals surface area contributed by atoms with Crippen LogP contribution in [0.3, 0.4) is 0 Å². The van der Waals surface area contributed by atoms with Gasteiger partial charge < -0.3 is 4.90 Å². The van der Waals surface area contributed by atoms with Gasteiger partial charge in [0.1, 0.15) is 15.8 Å². The number of hydrogen-bond donors (Lipinski definition) is 0. The molecule has 0 bridgehead atoms. The summed E-state index contributed by atoms with van der Waals surface area (Å²) in [5.74, 6) is 0.527. The van der Waals surface area contributed by atoms with Crippen LogP contribution in [0.15, 0.2) is 58.4 Å². The number of pyridine rings is 1. The van der Waals surface area contributed by atoms with Gasteiger partial charge in [0, 0.05) is 25.8 Å². The summed E-state index contributed by atoms with van der Waals surface area (Å²) in [5, 5.41) is 0. The van der Waals surface area contributed by atoms with Crippen molar-refractivity contribution in [2.24, 2.45) is 0 Å². The van der Waals surface area contributed by atoms with Gasteiger partial charge in [0.25, 0.3) is 11.5 Å². The predicted octanol–water partition coefficient (Wildman–Crippen LogP) is 4.83. The summed E-state index contributed by atoms with van der Waals surface area (Å²) < 4.78 is 2.12. The number of thioether (sulfide) groups is 1. The minimum Gasteiger partial charge on any atom is -0.356 e. The van der Waals surface area contributed by atoms with Crippen molar-refractivity contribution in [3.8, 4) is 0 Å². The van der Waals surface area contributed by atoms with E-state index < -0.39 is 0 Å². The minimum atomic E-state index is -0.159. The molecule has 0 atom stereocenters. The number of anilines is 1. The van der Waals surface area contributed by atoms with Gasteiger partial charge in [0.05, 0.1) is 10.5 Å². The zero-order chi connectivity index (χ0) is 24.4. The topological polar surface area (TPSA) is 57.9 Å². The first kappa shape index (κ1) is 23.8. The number of hydrogen-bond acceptors (Lipinski definition) is 6. The van der Waals surface area contributed by atoms with Crippen LogP contribution in [0.5, 0.6) is 0 Å². The molecule has 35 heavy (non-hydrogen) atoms. The fourth-order valence-corrected chi connectivity index (χ4v) is 5.92. The fourth-order valence-electron chi connectivity index (χ4n) is 4.63. The van der Waals surface area contributed by atoms with E-state index in [2.05, 4.69) is 17.0 Å². The van der Waals surface area contributed by atoms with E-state index in [1.807, 2.05) is 37.3 Å². The second-order valence-electron chi connectivity index (χ2n) is 9.06. The van der Waals surface area contributed by atoms with E-state index in [0.29, 0.717) is 32.8 Å². The average molecular weight is 505 g/mol. The molecule has 0 N–H and O–H groups in total. The largest absolute Gasteiger partial charge is 0.356 e. The number of thiocarbonyl (C=S) groups is 1. The zero-order valence-corrected chi connectivity index (χ0v) is 21.4. The molecule has 0 radical (unpaired) electrons.